The van der Waals surface area contributed by atoms with Gasteiger partial charge in [-0.25, -0.2) is 9.67 Å². The van der Waals surface area contributed by atoms with E-state index in [1.54, 1.807) is 24.0 Å². The number of rotatable bonds is 6. The second kappa shape index (κ2) is 7.28. The molecule has 0 saturated carbocycles. The molecule has 5 nitrogen and oxygen atoms in total. The van der Waals surface area contributed by atoms with Crippen molar-refractivity contribution in [2.45, 2.75) is 30.7 Å². The first-order chi connectivity index (χ1) is 11.2. The quantitative estimate of drug-likeness (QED) is 0.558. The first kappa shape index (κ1) is 15.6. The molecule has 118 valence electrons. The van der Waals surface area contributed by atoms with Crippen LogP contribution in [0.2, 0.25) is 0 Å². The predicted octanol–water partition coefficient (Wildman–Crippen LogP) is 3.20. The molecule has 0 aliphatic carbocycles. The van der Waals surface area contributed by atoms with Crippen LogP contribution in [0.15, 0.2) is 58.7 Å². The molecule has 0 unspecified atom stereocenters. The molecule has 3 rings (SSSR count). The average Bonchev–Trinajstić information content (AvgIpc) is 3.08. The lowest BCUT2D eigenvalue weighted by Crippen LogP contribution is -2.09. The normalized spacial score (nSPS) is 10.8. The molecule has 0 atom stereocenters. The van der Waals surface area contributed by atoms with Gasteiger partial charge in [-0.3, -0.25) is 4.79 Å². The standard InChI is InChI=1S/C17H18N4OS/c1-2-4-14-11-16(22)20-17(19-14)23-12-13-5-7-15(8-6-13)21-10-3-9-18-21/h3,5-11H,2,4,12H2,1H3,(H,19,20,22). The molecule has 1 aromatic carbocycles. The Hall–Kier alpha value is -2.34. The maximum atomic E-state index is 11.7. The molecular formula is C17H18N4OS. The Labute approximate surface area is 138 Å². The number of aromatic nitrogens is 4. The molecule has 0 amide bonds. The van der Waals surface area contributed by atoms with Crippen molar-refractivity contribution in [2.24, 2.45) is 0 Å². The van der Waals surface area contributed by atoms with Gasteiger partial charge in [-0.15, -0.1) is 0 Å². The number of benzene rings is 1. The fourth-order valence-electron chi connectivity index (χ4n) is 2.25. The number of nitrogens with one attached hydrogen (secondary N) is 1. The SMILES string of the molecule is CCCc1cc(=O)[nH]c(SCc2ccc(-n3cccn3)cc2)n1. The van der Waals surface area contributed by atoms with Crippen LogP contribution in [0.25, 0.3) is 5.69 Å². The van der Waals surface area contributed by atoms with Gasteiger partial charge >= 0.3 is 0 Å². The van der Waals surface area contributed by atoms with Gasteiger partial charge in [-0.05, 0) is 30.2 Å². The van der Waals surface area contributed by atoms with Gasteiger partial charge in [0.05, 0.1) is 5.69 Å². The smallest absolute Gasteiger partial charge is 0.251 e. The molecule has 2 heterocycles. The Morgan fingerprint density at radius 2 is 2.09 bits per heavy atom. The van der Waals surface area contributed by atoms with Gasteiger partial charge in [-0.1, -0.05) is 37.2 Å². The summed E-state index contributed by atoms with van der Waals surface area (Å²) >= 11 is 1.54. The molecule has 6 heteroatoms. The minimum Gasteiger partial charge on any atom is -0.301 e. The minimum atomic E-state index is -0.0834. The highest BCUT2D eigenvalue weighted by atomic mass is 32.2. The molecule has 0 aliphatic heterocycles. The Bertz CT molecular complexity index is 809. The van der Waals surface area contributed by atoms with Crippen molar-refractivity contribution in [3.63, 3.8) is 0 Å². The maximum absolute atomic E-state index is 11.7. The van der Waals surface area contributed by atoms with Crippen LogP contribution in [0.5, 0.6) is 0 Å². The summed E-state index contributed by atoms with van der Waals surface area (Å²) in [6.45, 7) is 2.08. The van der Waals surface area contributed by atoms with Gasteiger partial charge in [0.1, 0.15) is 0 Å². The molecule has 1 N–H and O–H groups in total. The van der Waals surface area contributed by atoms with E-state index in [4.69, 9.17) is 0 Å². The molecule has 3 aromatic rings. The van der Waals surface area contributed by atoms with Gasteiger partial charge < -0.3 is 4.98 Å². The van der Waals surface area contributed by atoms with E-state index in [0.29, 0.717) is 5.16 Å². The molecule has 2 aromatic heterocycles. The van der Waals surface area contributed by atoms with Gasteiger partial charge in [0.15, 0.2) is 5.16 Å². The van der Waals surface area contributed by atoms with Crippen molar-refractivity contribution in [1.29, 1.82) is 0 Å². The zero-order chi connectivity index (χ0) is 16.1. The monoisotopic (exact) mass is 326 g/mol. The van der Waals surface area contributed by atoms with E-state index >= 15 is 0 Å². The first-order valence-electron chi connectivity index (χ1n) is 7.56. The summed E-state index contributed by atoms with van der Waals surface area (Å²) in [5.74, 6) is 0.762. The van der Waals surface area contributed by atoms with Crippen LogP contribution in [-0.4, -0.2) is 19.7 Å². The van der Waals surface area contributed by atoms with Crippen LogP contribution in [-0.2, 0) is 12.2 Å². The summed E-state index contributed by atoms with van der Waals surface area (Å²) < 4.78 is 1.82. The molecule has 0 saturated heterocycles. The first-order valence-corrected chi connectivity index (χ1v) is 8.55. The van der Waals surface area contributed by atoms with E-state index in [1.807, 2.05) is 29.1 Å². The van der Waals surface area contributed by atoms with Crippen LogP contribution in [0.3, 0.4) is 0 Å². The van der Waals surface area contributed by atoms with Crippen molar-refractivity contribution >= 4 is 11.8 Å². The van der Waals surface area contributed by atoms with Crippen molar-refractivity contribution in [3.05, 3.63) is 70.4 Å². The van der Waals surface area contributed by atoms with Crippen LogP contribution in [0.1, 0.15) is 24.6 Å². The third-order valence-corrected chi connectivity index (χ3v) is 4.30. The highest BCUT2D eigenvalue weighted by molar-refractivity contribution is 7.98. The average molecular weight is 326 g/mol. The van der Waals surface area contributed by atoms with Crippen molar-refractivity contribution in [1.82, 2.24) is 19.7 Å². The molecule has 0 radical (unpaired) electrons. The van der Waals surface area contributed by atoms with E-state index in [-0.39, 0.29) is 5.56 Å². The number of nitrogens with zero attached hydrogens (tertiary/aromatic N) is 3. The lowest BCUT2D eigenvalue weighted by atomic mass is 10.2. The second-order valence-electron chi connectivity index (χ2n) is 5.20. The van der Waals surface area contributed by atoms with Crippen LogP contribution >= 0.6 is 11.8 Å². The van der Waals surface area contributed by atoms with Gasteiger partial charge in [0.25, 0.3) is 5.56 Å². The maximum Gasteiger partial charge on any atom is 0.251 e. The third kappa shape index (κ3) is 4.10. The summed E-state index contributed by atoms with van der Waals surface area (Å²) in [7, 11) is 0. The van der Waals surface area contributed by atoms with E-state index in [0.717, 1.165) is 30.0 Å². The molecular weight excluding hydrogens is 308 g/mol. The number of H-pyrrole nitrogens is 1. The molecule has 0 spiro atoms. The lowest BCUT2D eigenvalue weighted by Gasteiger charge is -2.05. The Morgan fingerprint density at radius 3 is 2.78 bits per heavy atom. The zero-order valence-corrected chi connectivity index (χ0v) is 13.7. The number of hydrogen-bond donors (Lipinski definition) is 1. The highest BCUT2D eigenvalue weighted by Gasteiger charge is 2.03. The predicted molar refractivity (Wildman–Crippen MR) is 92.0 cm³/mol. The van der Waals surface area contributed by atoms with Crippen molar-refractivity contribution in [2.75, 3.05) is 0 Å². The van der Waals surface area contributed by atoms with E-state index in [2.05, 4.69) is 34.1 Å². The van der Waals surface area contributed by atoms with Crippen LogP contribution < -0.4 is 5.56 Å². The van der Waals surface area contributed by atoms with Gasteiger partial charge in [-0.2, -0.15) is 5.10 Å². The minimum absolute atomic E-state index is 0.0834. The van der Waals surface area contributed by atoms with Gasteiger partial charge in [0, 0.05) is 29.9 Å². The fourth-order valence-corrected chi connectivity index (χ4v) is 3.10. The van der Waals surface area contributed by atoms with E-state index in [9.17, 15) is 4.79 Å². The number of thioether (sulfide) groups is 1. The highest BCUT2D eigenvalue weighted by Crippen LogP contribution is 2.19. The largest absolute Gasteiger partial charge is 0.301 e. The topological polar surface area (TPSA) is 63.6 Å². The van der Waals surface area contributed by atoms with Crippen molar-refractivity contribution in [3.8, 4) is 5.69 Å². The molecule has 23 heavy (non-hydrogen) atoms. The van der Waals surface area contributed by atoms with E-state index < -0.39 is 0 Å². The Kier molecular flexibility index (Phi) is 4.92. The number of hydrogen-bond acceptors (Lipinski definition) is 4. The van der Waals surface area contributed by atoms with E-state index in [1.165, 1.54) is 5.56 Å². The summed E-state index contributed by atoms with van der Waals surface area (Å²) in [6, 6.07) is 11.7. The van der Waals surface area contributed by atoms with Crippen LogP contribution in [0, 0.1) is 0 Å². The molecule has 0 bridgehead atoms. The number of aromatic amines is 1. The summed E-state index contributed by atoms with van der Waals surface area (Å²) in [4.78, 5) is 18.9. The Morgan fingerprint density at radius 1 is 1.26 bits per heavy atom. The van der Waals surface area contributed by atoms with Crippen molar-refractivity contribution < 1.29 is 0 Å². The zero-order valence-electron chi connectivity index (χ0n) is 12.9. The number of aryl methyl sites for hydroxylation is 1. The van der Waals surface area contributed by atoms with Gasteiger partial charge in [0.2, 0.25) is 0 Å². The second-order valence-corrected chi connectivity index (χ2v) is 6.16. The van der Waals surface area contributed by atoms with Crippen LogP contribution in [0.4, 0.5) is 0 Å². The lowest BCUT2D eigenvalue weighted by molar-refractivity contribution is 0.816. The Balaban J connectivity index is 1.67. The summed E-state index contributed by atoms with van der Waals surface area (Å²) in [5.41, 5.74) is 2.97. The third-order valence-electron chi connectivity index (χ3n) is 3.36. The molecule has 0 fully saturated rings. The summed E-state index contributed by atoms with van der Waals surface area (Å²) in [5, 5.41) is 4.89. The molecule has 0 aliphatic rings. The summed E-state index contributed by atoms with van der Waals surface area (Å²) in [6.07, 6.45) is 5.48. The fraction of sp³-hybridized carbons (Fsp3) is 0.235.